The molecule has 0 aliphatic carbocycles. The molecule has 5 rings (SSSR count). The van der Waals surface area contributed by atoms with E-state index in [0.29, 0.717) is 0 Å². The van der Waals surface area contributed by atoms with Crippen LogP contribution in [0.4, 0.5) is 5.13 Å². The number of amides is 2. The van der Waals surface area contributed by atoms with Gasteiger partial charge in [0.2, 0.25) is 5.60 Å². The van der Waals surface area contributed by atoms with Crippen molar-refractivity contribution in [3.05, 3.63) is 33.8 Å². The third-order valence-corrected chi connectivity index (χ3v) is 12.1. The highest BCUT2D eigenvalue weighted by Gasteiger charge is 2.63. The van der Waals surface area contributed by atoms with Gasteiger partial charge in [-0.2, -0.15) is 0 Å². The number of thioether (sulfide) groups is 2. The average Bonchev–Trinajstić information content (AvgIpc) is 3.60. The number of aromatic hydroxyl groups is 2. The fourth-order valence-electron chi connectivity index (χ4n) is 4.85. The number of carbonyl (C=O) groups excluding carboxylic acids is 2. The van der Waals surface area contributed by atoms with E-state index >= 15 is 0 Å². The number of nitrogen functional groups attached to an aromatic ring is 1. The molecule has 9 N–H and O–H groups in total. The lowest BCUT2D eigenvalue weighted by Crippen LogP contribution is -2.70. The Bertz CT molecular complexity index is 1730. The number of hydrogen-bond donors (Lipinski definition) is 8. The summed E-state index contributed by atoms with van der Waals surface area (Å²) < 4.78 is -1.50. The topological polar surface area (TPSA) is 281 Å². The summed E-state index contributed by atoms with van der Waals surface area (Å²) in [4.78, 5) is 62.4. The Labute approximate surface area is 288 Å². The van der Waals surface area contributed by atoms with E-state index in [1.54, 1.807) is 0 Å². The van der Waals surface area contributed by atoms with E-state index in [4.69, 9.17) is 22.2 Å². The molecule has 3 unspecified atom stereocenters. The molecule has 258 valence electrons. The third kappa shape index (κ3) is 6.40. The number of likely N-dealkylation sites (tertiary alicyclic amines) is 1. The van der Waals surface area contributed by atoms with Crippen LogP contribution in [0, 0.1) is 0 Å². The Balaban J connectivity index is 1.25. The van der Waals surface area contributed by atoms with E-state index in [2.05, 4.69) is 20.6 Å². The van der Waals surface area contributed by atoms with Crippen LogP contribution in [0.15, 0.2) is 27.8 Å². The van der Waals surface area contributed by atoms with Crippen molar-refractivity contribution in [1.82, 2.24) is 20.1 Å². The lowest BCUT2D eigenvalue weighted by Gasteiger charge is -2.47. The first kappa shape index (κ1) is 35.3. The van der Waals surface area contributed by atoms with Crippen molar-refractivity contribution in [1.29, 1.82) is 0 Å². The van der Waals surface area contributed by atoms with E-state index in [1.807, 2.05) is 0 Å². The summed E-state index contributed by atoms with van der Waals surface area (Å²) in [6.45, 7) is 2.48. The molecule has 0 saturated carbocycles. The highest BCUT2D eigenvalue weighted by molar-refractivity contribution is 8.20. The molecule has 4 heterocycles. The summed E-state index contributed by atoms with van der Waals surface area (Å²) in [5.74, 6) is -5.39. The average molecular weight is 746 g/mol. The molecule has 1 aromatic heterocycles. The Morgan fingerprint density at radius 3 is 2.48 bits per heavy atom. The minimum absolute atomic E-state index is 0.000611. The molecule has 3 aliphatic heterocycles. The van der Waals surface area contributed by atoms with E-state index in [1.165, 1.54) is 35.1 Å². The minimum Gasteiger partial charge on any atom is -0.504 e. The number of thiazole rings is 1. The number of nitrogens with zero attached hydrogens (tertiary/aromatic N) is 5. The van der Waals surface area contributed by atoms with Crippen molar-refractivity contribution in [3.8, 4) is 11.5 Å². The number of anilines is 1. The van der Waals surface area contributed by atoms with Gasteiger partial charge < -0.3 is 51.5 Å². The maximum Gasteiger partial charge on any atom is 0.350 e. The van der Waals surface area contributed by atoms with E-state index in [-0.39, 0.29) is 41.3 Å². The van der Waals surface area contributed by atoms with Gasteiger partial charge in [-0.1, -0.05) is 21.9 Å². The quantitative estimate of drug-likeness (QED) is 0.0658. The molecule has 3 fully saturated rings. The Morgan fingerprint density at radius 2 is 1.90 bits per heavy atom. The first-order valence-electron chi connectivity index (χ1n) is 13.8. The Kier molecular flexibility index (Phi) is 9.65. The molecule has 4 atom stereocenters. The number of aliphatic hydroxyl groups excluding tert-OH is 1. The van der Waals surface area contributed by atoms with Crippen molar-refractivity contribution in [2.75, 3.05) is 25.4 Å². The fraction of sp³-hybridized carbons (Fsp3) is 0.423. The number of carbonyl (C=O) groups is 4. The molecule has 2 aromatic rings. The van der Waals surface area contributed by atoms with Gasteiger partial charge >= 0.3 is 11.9 Å². The van der Waals surface area contributed by atoms with Crippen LogP contribution in [0.2, 0.25) is 5.02 Å². The monoisotopic (exact) mass is 745 g/mol. The number of nitrogens with one attached hydrogen (secondary N) is 1. The molecule has 22 heteroatoms. The van der Waals surface area contributed by atoms with E-state index in [9.17, 15) is 49.9 Å². The molecule has 3 aliphatic rings. The number of benzene rings is 1. The predicted molar refractivity (Wildman–Crippen MR) is 173 cm³/mol. The fourth-order valence-corrected chi connectivity index (χ4v) is 9.35. The van der Waals surface area contributed by atoms with Gasteiger partial charge in [0.15, 0.2) is 32.1 Å². The van der Waals surface area contributed by atoms with Gasteiger partial charge in [-0.25, -0.2) is 14.6 Å². The summed E-state index contributed by atoms with van der Waals surface area (Å²) >= 11 is 9.09. The molecule has 1 aromatic carbocycles. The number of carboxylic acid groups (broad SMARTS) is 2. The predicted octanol–water partition coefficient (Wildman–Crippen LogP) is 0.169. The first-order chi connectivity index (χ1) is 22.5. The van der Waals surface area contributed by atoms with Crippen LogP contribution in [0.25, 0.3) is 0 Å². The van der Waals surface area contributed by atoms with Gasteiger partial charge in [0.25, 0.3) is 11.8 Å². The van der Waals surface area contributed by atoms with E-state index in [0.717, 1.165) is 40.9 Å². The molecule has 3 saturated heterocycles. The van der Waals surface area contributed by atoms with E-state index < -0.39 is 79.0 Å². The lowest BCUT2D eigenvalue weighted by molar-refractivity contribution is -0.161. The Morgan fingerprint density at radius 1 is 1.21 bits per heavy atom. The smallest absolute Gasteiger partial charge is 0.350 e. The van der Waals surface area contributed by atoms with Gasteiger partial charge in [-0.3, -0.25) is 14.5 Å². The van der Waals surface area contributed by atoms with Gasteiger partial charge in [0.05, 0.1) is 16.4 Å². The number of phenols is 2. The maximum absolute atomic E-state index is 13.3. The summed E-state index contributed by atoms with van der Waals surface area (Å²) in [5.41, 5.74) is 2.88. The zero-order valence-electron chi connectivity index (χ0n) is 24.8. The van der Waals surface area contributed by atoms with Crippen LogP contribution in [0.5, 0.6) is 11.5 Å². The lowest BCUT2D eigenvalue weighted by atomic mass is 10.0. The third-order valence-electron chi connectivity index (χ3n) is 7.63. The summed E-state index contributed by atoms with van der Waals surface area (Å²) in [6, 6.07) is 1.30. The highest BCUT2D eigenvalue weighted by Crippen LogP contribution is 2.55. The highest BCUT2D eigenvalue weighted by atomic mass is 35.5. The largest absolute Gasteiger partial charge is 0.504 e. The SMILES string of the molecule is CC(C)(O/N=C(\C(=O)N[C@@H]1C(O)N2CC(SC3CN(C(=O)/C(=N\O)c4ccc(O)c(O)c4Cl)C3)(C(=O)O)SC12)c1csc(N)n1)C(=O)O. The number of carboxylic acids is 2. The zero-order valence-corrected chi connectivity index (χ0v) is 28.0. The minimum atomic E-state index is -1.80. The van der Waals surface area contributed by atoms with Crippen molar-refractivity contribution in [2.45, 2.75) is 46.4 Å². The molecule has 0 radical (unpaired) electrons. The number of aliphatic carboxylic acids is 2. The standard InChI is InChI=1S/C26H28ClN7O11S3/c1-25(2,22(40)41)45-32-15(11-7-46-24(28)29-11)18(37)30-16-20(39)34-8-26(23(42)43,48-21(16)34)47-9-5-33(6-9)19(38)14(31-44)10-3-4-12(35)17(36)13(10)27/h3-4,7,9,16,20-21,35-36,39,44H,5-6,8H2,1-2H3,(H2,28,29)(H,30,37)(H,40,41)(H,42,43)/b31-14-,32-15-/t16-,20?,21?,26?/m1/s1. The number of fused-ring (bicyclic) bond motifs is 1. The number of oxime groups is 2. The normalized spacial score (nSPS) is 24.8. The summed E-state index contributed by atoms with van der Waals surface area (Å²) in [6.07, 6.45) is -1.28. The van der Waals surface area contributed by atoms with Crippen LogP contribution in [0.3, 0.4) is 0 Å². The summed E-state index contributed by atoms with van der Waals surface area (Å²) in [5, 5.41) is 69.0. The van der Waals surface area contributed by atoms with Crippen molar-refractivity contribution >= 4 is 86.8 Å². The molecule has 2 amide bonds. The second kappa shape index (κ2) is 13.1. The molecule has 0 bridgehead atoms. The van der Waals surface area contributed by atoms with Gasteiger partial charge in [-0.15, -0.1) is 34.9 Å². The van der Waals surface area contributed by atoms with Crippen LogP contribution >= 0.6 is 46.5 Å². The van der Waals surface area contributed by atoms with Crippen LogP contribution in [0.1, 0.15) is 25.1 Å². The van der Waals surface area contributed by atoms with Gasteiger partial charge in [-0.05, 0) is 26.0 Å². The van der Waals surface area contributed by atoms with Crippen LogP contribution in [-0.4, -0.2) is 133 Å². The van der Waals surface area contributed by atoms with Crippen LogP contribution in [-0.2, 0) is 24.0 Å². The molecule has 18 nitrogen and oxygen atoms in total. The number of hydrogen-bond acceptors (Lipinski definition) is 17. The van der Waals surface area contributed by atoms with Crippen molar-refractivity contribution in [3.63, 3.8) is 0 Å². The summed E-state index contributed by atoms with van der Waals surface area (Å²) in [7, 11) is 0. The van der Waals surface area contributed by atoms with Gasteiger partial charge in [0, 0.05) is 35.8 Å². The maximum atomic E-state index is 13.3. The zero-order chi connectivity index (χ0) is 35.3. The molecular weight excluding hydrogens is 718 g/mol. The number of phenolic OH excluding ortho intramolecular Hbond substituents is 2. The van der Waals surface area contributed by atoms with Crippen molar-refractivity contribution in [2.24, 2.45) is 10.3 Å². The second-order valence-electron chi connectivity index (χ2n) is 11.3. The number of aliphatic hydroxyl groups is 1. The number of aromatic nitrogens is 1. The molecule has 0 spiro atoms. The van der Waals surface area contributed by atoms with Gasteiger partial charge in [0.1, 0.15) is 11.9 Å². The number of halogens is 1. The number of rotatable bonds is 11. The first-order valence-corrected chi connectivity index (χ1v) is 16.8. The Hall–Kier alpha value is -4.02. The molecule has 48 heavy (non-hydrogen) atoms. The van der Waals surface area contributed by atoms with Crippen molar-refractivity contribution < 1.29 is 54.8 Å². The second-order valence-corrected chi connectivity index (χ2v) is 15.8. The van der Waals surface area contributed by atoms with Crippen LogP contribution < -0.4 is 11.1 Å². The molecular formula is C26H28ClN7O11S3. The number of nitrogens with two attached hydrogens (primary N) is 1.